The van der Waals surface area contributed by atoms with E-state index in [1.165, 1.54) is 6.92 Å². The zero-order valence-electron chi connectivity index (χ0n) is 58.8. The molecule has 2 aromatic heterocycles. The van der Waals surface area contributed by atoms with E-state index >= 15 is 0 Å². The fourth-order valence-corrected chi connectivity index (χ4v) is 6.59. The lowest BCUT2D eigenvalue weighted by molar-refractivity contribution is 0.660. The van der Waals surface area contributed by atoms with Crippen LogP contribution in [-0.2, 0) is 5.41 Å². The molecule has 0 N–H and O–H groups in total. The van der Waals surface area contributed by atoms with Crippen LogP contribution in [-0.4, -0.2) is 0 Å². The first-order valence-corrected chi connectivity index (χ1v) is 15.7. The van der Waals surface area contributed by atoms with E-state index in [1.54, 1.807) is 0 Å². The fourth-order valence-electron chi connectivity index (χ4n) is 6.59. The van der Waals surface area contributed by atoms with Crippen LogP contribution >= 0.6 is 0 Å². The third kappa shape index (κ3) is 4.34. The Morgan fingerprint density at radius 3 is 2.13 bits per heavy atom. The van der Waals surface area contributed by atoms with Gasteiger partial charge in [-0.05, 0) is 88.6 Å². The van der Waals surface area contributed by atoms with Crippen LogP contribution in [0.3, 0.4) is 0 Å². The molecule has 0 amide bonds. The minimum Gasteiger partial charge on any atom is -0.455 e. The number of fused-ring (bicyclic) bond motifs is 11. The predicted molar refractivity (Wildman–Crippen MR) is 221 cm³/mol. The molecule has 0 aliphatic heterocycles. The van der Waals surface area contributed by atoms with Gasteiger partial charge in [0.15, 0.2) is 5.58 Å². The zero-order chi connectivity index (χ0) is 63.0. The number of furan rings is 2. The van der Waals surface area contributed by atoms with E-state index in [4.69, 9.17) is 36.2 Å². The van der Waals surface area contributed by atoms with Crippen LogP contribution in [0.25, 0.3) is 76.9 Å². The van der Waals surface area contributed by atoms with Crippen LogP contribution < -0.4 is 4.90 Å². The van der Waals surface area contributed by atoms with Crippen LogP contribution in [0, 0.1) is 6.92 Å². The van der Waals surface area contributed by atoms with Gasteiger partial charge in [0.1, 0.15) is 16.7 Å². The average molecular weight is 714 g/mol. The molecule has 1 aliphatic rings. The standard InChI is InChI=1S/C50H35NO2/c1-30-20-25-46-40(26-30)39-17-11-19-44(49(39)52-46)51(33-22-24-35-34-14-9-10-18-42(34)50(2,3)43(35)28-33)45-29-41-37-23-21-32(31-12-5-4-6-13-31)27-47(37)53-48(41)38-16-8-7-15-36(38)45/h4-29H,1-3H3/i2D3,3D3,4D,5D,6D,7D,8D,9D,10D,11D,12D,13D,14D,15D,16D,17D,18D,19D,20D,21D,22D,23D,24D,25D,26D,27D,28D,29D. The minimum absolute atomic E-state index is 0.172. The first-order chi connectivity index (χ1) is 39.3. The second-order valence-corrected chi connectivity index (χ2v) is 12.0. The molecule has 1 aliphatic carbocycles. The number of hydrogen-bond donors (Lipinski definition) is 0. The average Bonchev–Trinajstić information content (AvgIpc) is 1.56. The van der Waals surface area contributed by atoms with E-state index < -0.39 is 281 Å². The molecule has 8 aromatic carbocycles. The van der Waals surface area contributed by atoms with Gasteiger partial charge in [0.2, 0.25) is 0 Å². The van der Waals surface area contributed by atoms with E-state index in [0.717, 1.165) is 0 Å². The van der Waals surface area contributed by atoms with Gasteiger partial charge in [-0.25, -0.2) is 0 Å². The molecule has 2 heterocycles. The summed E-state index contributed by atoms with van der Waals surface area (Å²) in [6.07, 6.45) is 0. The van der Waals surface area contributed by atoms with Crippen molar-refractivity contribution >= 4 is 71.7 Å². The molecule has 0 atom stereocenters. The number of nitrogens with zero attached hydrogens (tertiary/aromatic N) is 1. The smallest absolute Gasteiger partial charge is 0.159 e. The molecule has 3 nitrogen and oxygen atoms in total. The van der Waals surface area contributed by atoms with Crippen molar-refractivity contribution in [3.05, 3.63) is 174 Å². The molecule has 0 spiro atoms. The molecular formula is C50H35NO2. The maximum absolute atomic E-state index is 10.4. The van der Waals surface area contributed by atoms with E-state index in [9.17, 15) is 16.4 Å². The van der Waals surface area contributed by atoms with Gasteiger partial charge in [0.25, 0.3) is 0 Å². The lowest BCUT2D eigenvalue weighted by Crippen LogP contribution is -2.16. The van der Waals surface area contributed by atoms with Gasteiger partial charge in [0, 0.05) is 51.6 Å². The molecule has 11 rings (SSSR count). The maximum atomic E-state index is 10.4. The van der Waals surface area contributed by atoms with Gasteiger partial charge in [-0.2, -0.15) is 0 Å². The molecule has 53 heavy (non-hydrogen) atoms. The van der Waals surface area contributed by atoms with Crippen LogP contribution in [0.4, 0.5) is 17.1 Å². The second-order valence-electron chi connectivity index (χ2n) is 12.0. The largest absolute Gasteiger partial charge is 0.455 e. The lowest BCUT2D eigenvalue weighted by atomic mass is 9.82. The Balaban J connectivity index is 1.47. The molecule has 0 unspecified atom stereocenters. The van der Waals surface area contributed by atoms with Gasteiger partial charge < -0.3 is 13.7 Å². The SMILES string of the molecule is [2H]c1c([2H])c([2H])c(-c2c([2H])c([2H])c3c(oc4c5c([2H])c([2H])c([2H])c([2H])c5c(N(c5c([2H])c([2H])c6c(c5[2H])C(C([2H])([2H])[2H])(C([2H])([2H])[2H])c5c([2H])c([2H])c([2H])c([2H])c5-6)c5c([2H])c([2H])c([2H])c6c5oc5c([2H])c([2H])c(C)c([2H])c56)c([2H])c43)c2[2H])c([2H])c1[2H]. The Morgan fingerprint density at radius 1 is 0.491 bits per heavy atom. The third-order valence-corrected chi connectivity index (χ3v) is 8.93. The van der Waals surface area contributed by atoms with Crippen molar-refractivity contribution in [2.75, 3.05) is 4.90 Å². The predicted octanol–water partition coefficient (Wildman–Crippen LogP) is 14.4. The molecule has 252 valence electrons. The first-order valence-electron chi connectivity index (χ1n) is 31.7. The van der Waals surface area contributed by atoms with Crippen LogP contribution in [0.1, 0.15) is 74.3 Å². The van der Waals surface area contributed by atoms with Crippen molar-refractivity contribution in [1.82, 2.24) is 0 Å². The van der Waals surface area contributed by atoms with Gasteiger partial charge in [0.05, 0.1) is 47.0 Å². The van der Waals surface area contributed by atoms with Gasteiger partial charge >= 0.3 is 0 Å². The highest BCUT2D eigenvalue weighted by molar-refractivity contribution is 6.21. The Morgan fingerprint density at radius 2 is 1.25 bits per heavy atom. The van der Waals surface area contributed by atoms with Crippen LogP contribution in [0.15, 0.2) is 166 Å². The monoisotopic (exact) mass is 713 g/mol. The van der Waals surface area contributed by atoms with E-state index in [0.29, 0.717) is 4.90 Å². The number of hydrogen-bond acceptors (Lipinski definition) is 3. The molecular weight excluding hydrogens is 647 g/mol. The zero-order valence-corrected chi connectivity index (χ0v) is 26.8. The molecule has 3 heteroatoms. The van der Waals surface area contributed by atoms with E-state index in [1.807, 2.05) is 0 Å². The van der Waals surface area contributed by atoms with Crippen molar-refractivity contribution in [3.8, 4) is 22.3 Å². The van der Waals surface area contributed by atoms with Crippen molar-refractivity contribution in [1.29, 1.82) is 0 Å². The Hall–Kier alpha value is -6.58. The highest BCUT2D eigenvalue weighted by Crippen LogP contribution is 2.52. The molecule has 0 fully saturated rings. The minimum atomic E-state index is -4.03. The van der Waals surface area contributed by atoms with Gasteiger partial charge in [-0.15, -0.1) is 0 Å². The highest BCUT2D eigenvalue weighted by atomic mass is 16.3. The van der Waals surface area contributed by atoms with Crippen molar-refractivity contribution in [2.45, 2.75) is 26.0 Å². The molecule has 0 bridgehead atoms. The third-order valence-electron chi connectivity index (χ3n) is 8.93. The normalized spacial score (nSPS) is 22.4. The van der Waals surface area contributed by atoms with E-state index in [-0.39, 0.29) is 5.56 Å². The van der Waals surface area contributed by atoms with Crippen molar-refractivity contribution < 1.29 is 52.7 Å². The van der Waals surface area contributed by atoms with Gasteiger partial charge in [-0.3, -0.25) is 0 Å². The number of benzene rings is 8. The maximum Gasteiger partial charge on any atom is 0.159 e. The number of para-hydroxylation sites is 1. The summed E-state index contributed by atoms with van der Waals surface area (Å²) in [5.41, 5.74) is -16.4. The summed E-state index contributed by atoms with van der Waals surface area (Å²) in [6, 6.07) is -26.9. The summed E-state index contributed by atoms with van der Waals surface area (Å²) < 4.78 is 305. The van der Waals surface area contributed by atoms with Crippen LogP contribution in [0.5, 0.6) is 0 Å². The summed E-state index contributed by atoms with van der Waals surface area (Å²) in [7, 11) is 0. The second kappa shape index (κ2) is 11.0. The summed E-state index contributed by atoms with van der Waals surface area (Å²) in [6.45, 7) is -6.79. The quantitative estimate of drug-likeness (QED) is 0.182. The first kappa shape index (κ1) is 12.2. The summed E-state index contributed by atoms with van der Waals surface area (Å²) in [5.74, 6) is 0. The molecule has 0 saturated heterocycles. The Kier molecular flexibility index (Phi) is 2.53. The molecule has 0 radical (unpaired) electrons. The topological polar surface area (TPSA) is 29.5 Å². The summed E-state index contributed by atoms with van der Waals surface area (Å²) in [5, 5.41) is -4.30. The van der Waals surface area contributed by atoms with Crippen LogP contribution in [0.2, 0.25) is 0 Å². The lowest BCUT2D eigenvalue weighted by Gasteiger charge is -2.29. The molecule has 0 saturated carbocycles. The Labute approximate surface area is 352 Å². The van der Waals surface area contributed by atoms with Crippen molar-refractivity contribution in [2.24, 2.45) is 0 Å². The number of rotatable bonds is 4. The van der Waals surface area contributed by atoms with Crippen molar-refractivity contribution in [3.63, 3.8) is 0 Å². The number of anilines is 3. The van der Waals surface area contributed by atoms with Gasteiger partial charge in [-0.1, -0.05) is 128 Å². The fraction of sp³-hybridized carbons (Fsp3) is 0.0800. The van der Waals surface area contributed by atoms with E-state index in [2.05, 4.69) is 0 Å². The highest BCUT2D eigenvalue weighted by Gasteiger charge is 2.36. The summed E-state index contributed by atoms with van der Waals surface area (Å²) >= 11 is 0. The molecule has 10 aromatic rings. The summed E-state index contributed by atoms with van der Waals surface area (Å²) in [4.78, 5) is 0.411. The Bertz CT molecular complexity index is 4800.